The molecule has 0 unspecified atom stereocenters. The second-order valence-corrected chi connectivity index (χ2v) is 3.66. The Kier molecular flexibility index (Phi) is 2.79. The third-order valence-electron chi connectivity index (χ3n) is 2.05. The molecule has 0 bridgehead atoms. The van der Waals surface area contributed by atoms with Gasteiger partial charge in [-0.05, 0) is 29.8 Å². The lowest BCUT2D eigenvalue weighted by Gasteiger charge is -1.99. The zero-order chi connectivity index (χ0) is 10.8. The molecule has 4 nitrogen and oxygen atoms in total. The molecule has 0 aliphatic carbocycles. The molecular weight excluding hydrogens is 216 g/mol. The summed E-state index contributed by atoms with van der Waals surface area (Å²) in [5.41, 5.74) is 6.98. The molecule has 1 aromatic heterocycles. The average molecular weight is 227 g/mol. The van der Waals surface area contributed by atoms with Gasteiger partial charge in [0.05, 0.1) is 5.39 Å². The van der Waals surface area contributed by atoms with Crippen molar-refractivity contribution < 1.29 is 9.26 Å². The molecule has 0 spiro atoms. The first-order valence-electron chi connectivity index (χ1n) is 4.61. The summed E-state index contributed by atoms with van der Waals surface area (Å²) >= 11 is 5.94. The number of aryl methyl sites for hydroxylation is 1. The minimum absolute atomic E-state index is 0.410. The summed E-state index contributed by atoms with van der Waals surface area (Å²) in [4.78, 5) is 0. The zero-order valence-electron chi connectivity index (χ0n) is 8.29. The van der Waals surface area contributed by atoms with Crippen molar-refractivity contribution in [1.29, 1.82) is 0 Å². The van der Waals surface area contributed by atoms with Crippen molar-refractivity contribution in [3.63, 3.8) is 0 Å². The summed E-state index contributed by atoms with van der Waals surface area (Å²) in [5, 5.41) is 5.25. The molecule has 2 N–H and O–H groups in total. The third-order valence-corrected chi connectivity index (χ3v) is 2.26. The van der Waals surface area contributed by atoms with Crippen LogP contribution in [0.15, 0.2) is 16.7 Å². The Morgan fingerprint density at radius 2 is 2.33 bits per heavy atom. The maximum Gasteiger partial charge on any atom is 0.262 e. The molecule has 2 rings (SSSR count). The van der Waals surface area contributed by atoms with Crippen molar-refractivity contribution in [3.05, 3.63) is 22.7 Å². The number of aromatic nitrogens is 1. The monoisotopic (exact) mass is 226 g/mol. The highest BCUT2D eigenvalue weighted by molar-refractivity contribution is 6.31. The third kappa shape index (κ3) is 1.91. The van der Waals surface area contributed by atoms with Crippen LogP contribution >= 0.6 is 11.6 Å². The van der Waals surface area contributed by atoms with E-state index in [1.807, 2.05) is 13.0 Å². The van der Waals surface area contributed by atoms with Gasteiger partial charge in [-0.2, -0.15) is 0 Å². The number of nitrogens with two attached hydrogens (primary N) is 1. The number of hydrogen-bond donors (Lipinski definition) is 1. The largest absolute Gasteiger partial charge is 0.474 e. The fourth-order valence-corrected chi connectivity index (χ4v) is 1.68. The molecule has 1 aromatic carbocycles. The molecule has 5 heteroatoms. The quantitative estimate of drug-likeness (QED) is 0.871. The second kappa shape index (κ2) is 4.08. The maximum absolute atomic E-state index is 5.94. The average Bonchev–Trinajstić information content (AvgIpc) is 2.58. The standard InChI is InChI=1S/C10H11ClN2O2/c1-6-4-7(11)5-8-9(6)15-13-10(8)14-3-2-12/h4-5H,2-3,12H2,1H3. The van der Waals surface area contributed by atoms with Crippen molar-refractivity contribution in [2.45, 2.75) is 6.92 Å². The van der Waals surface area contributed by atoms with Crippen LogP contribution in [0, 0.1) is 6.92 Å². The van der Waals surface area contributed by atoms with Gasteiger partial charge in [-0.15, -0.1) is 0 Å². The number of rotatable bonds is 3. The van der Waals surface area contributed by atoms with E-state index in [1.165, 1.54) is 0 Å². The van der Waals surface area contributed by atoms with E-state index >= 15 is 0 Å². The fourth-order valence-electron chi connectivity index (χ4n) is 1.41. The van der Waals surface area contributed by atoms with Crippen molar-refractivity contribution >= 4 is 22.6 Å². The van der Waals surface area contributed by atoms with Gasteiger partial charge in [-0.25, -0.2) is 0 Å². The van der Waals surface area contributed by atoms with E-state index in [4.69, 9.17) is 26.6 Å². The van der Waals surface area contributed by atoms with Gasteiger partial charge in [0.2, 0.25) is 0 Å². The molecule has 0 fully saturated rings. The smallest absolute Gasteiger partial charge is 0.262 e. The Balaban J connectivity index is 2.49. The van der Waals surface area contributed by atoms with E-state index in [2.05, 4.69) is 5.16 Å². The van der Waals surface area contributed by atoms with Gasteiger partial charge in [0.1, 0.15) is 6.61 Å². The van der Waals surface area contributed by atoms with E-state index in [0.717, 1.165) is 10.9 Å². The Bertz CT molecular complexity index is 481. The lowest BCUT2D eigenvalue weighted by molar-refractivity contribution is 0.293. The highest BCUT2D eigenvalue weighted by Crippen LogP contribution is 2.30. The van der Waals surface area contributed by atoms with E-state index in [-0.39, 0.29) is 0 Å². The van der Waals surface area contributed by atoms with Crippen molar-refractivity contribution in [2.24, 2.45) is 5.73 Å². The van der Waals surface area contributed by atoms with Crippen LogP contribution in [0.25, 0.3) is 11.0 Å². The van der Waals surface area contributed by atoms with Gasteiger partial charge in [-0.1, -0.05) is 11.6 Å². The Labute approximate surface area is 91.9 Å². The Morgan fingerprint density at radius 1 is 1.53 bits per heavy atom. The number of nitrogens with zero attached hydrogens (tertiary/aromatic N) is 1. The van der Waals surface area contributed by atoms with Gasteiger partial charge >= 0.3 is 0 Å². The van der Waals surface area contributed by atoms with Gasteiger partial charge in [0.25, 0.3) is 5.88 Å². The SMILES string of the molecule is Cc1cc(Cl)cc2c(OCCN)noc12. The summed E-state index contributed by atoms with van der Waals surface area (Å²) in [7, 11) is 0. The van der Waals surface area contributed by atoms with Crippen LogP contribution in [0.1, 0.15) is 5.56 Å². The Hall–Kier alpha value is -1.26. The van der Waals surface area contributed by atoms with Gasteiger partial charge in [-0.3, -0.25) is 0 Å². The first-order valence-corrected chi connectivity index (χ1v) is 4.98. The molecule has 0 aliphatic rings. The summed E-state index contributed by atoms with van der Waals surface area (Å²) < 4.78 is 10.5. The highest BCUT2D eigenvalue weighted by Gasteiger charge is 2.12. The minimum atomic E-state index is 0.410. The van der Waals surface area contributed by atoms with E-state index in [1.54, 1.807) is 6.07 Å². The summed E-state index contributed by atoms with van der Waals surface area (Å²) in [6.45, 7) is 2.76. The molecule has 15 heavy (non-hydrogen) atoms. The van der Waals surface area contributed by atoms with Crippen molar-refractivity contribution in [3.8, 4) is 5.88 Å². The summed E-state index contributed by atoms with van der Waals surface area (Å²) in [5.74, 6) is 0.445. The summed E-state index contributed by atoms with van der Waals surface area (Å²) in [6.07, 6.45) is 0. The van der Waals surface area contributed by atoms with Crippen molar-refractivity contribution in [2.75, 3.05) is 13.2 Å². The lowest BCUT2D eigenvalue weighted by atomic mass is 10.2. The van der Waals surface area contributed by atoms with Crippen molar-refractivity contribution in [1.82, 2.24) is 5.16 Å². The maximum atomic E-state index is 5.94. The number of hydrogen-bond acceptors (Lipinski definition) is 4. The fraction of sp³-hybridized carbons (Fsp3) is 0.300. The Morgan fingerprint density at radius 3 is 3.07 bits per heavy atom. The highest BCUT2D eigenvalue weighted by atomic mass is 35.5. The van der Waals surface area contributed by atoms with Gasteiger partial charge < -0.3 is 15.0 Å². The number of benzene rings is 1. The molecule has 1 heterocycles. The van der Waals surface area contributed by atoms with Crippen LogP contribution in [0.2, 0.25) is 5.02 Å². The lowest BCUT2D eigenvalue weighted by Crippen LogP contribution is -2.10. The predicted octanol–water partition coefficient (Wildman–Crippen LogP) is 2.13. The number of ether oxygens (including phenoxy) is 1. The number of fused-ring (bicyclic) bond motifs is 1. The molecule has 0 aliphatic heterocycles. The van der Waals surface area contributed by atoms with Crippen LogP contribution < -0.4 is 10.5 Å². The van der Waals surface area contributed by atoms with Crippen LogP contribution in [0.3, 0.4) is 0 Å². The molecule has 0 amide bonds. The van der Waals surface area contributed by atoms with Crippen LogP contribution in [-0.2, 0) is 0 Å². The van der Waals surface area contributed by atoms with E-state index in [9.17, 15) is 0 Å². The zero-order valence-corrected chi connectivity index (χ0v) is 9.04. The summed E-state index contributed by atoms with van der Waals surface area (Å²) in [6, 6.07) is 3.59. The first kappa shape index (κ1) is 10.3. The van der Waals surface area contributed by atoms with Crippen LogP contribution in [0.4, 0.5) is 0 Å². The normalized spacial score (nSPS) is 10.9. The minimum Gasteiger partial charge on any atom is -0.474 e. The van der Waals surface area contributed by atoms with Crippen LogP contribution in [0.5, 0.6) is 5.88 Å². The van der Waals surface area contributed by atoms with E-state index < -0.39 is 0 Å². The molecule has 80 valence electrons. The van der Waals surface area contributed by atoms with E-state index in [0.29, 0.717) is 29.6 Å². The molecule has 0 atom stereocenters. The van der Waals surface area contributed by atoms with Crippen LogP contribution in [-0.4, -0.2) is 18.3 Å². The predicted molar refractivity (Wildman–Crippen MR) is 58.3 cm³/mol. The molecule has 0 saturated heterocycles. The molecule has 0 radical (unpaired) electrons. The molecule has 0 saturated carbocycles. The first-order chi connectivity index (χ1) is 7.22. The van der Waals surface area contributed by atoms with Gasteiger partial charge in [0, 0.05) is 11.6 Å². The number of halogens is 1. The van der Waals surface area contributed by atoms with Gasteiger partial charge in [0.15, 0.2) is 5.58 Å². The molecule has 2 aromatic rings. The second-order valence-electron chi connectivity index (χ2n) is 3.22. The molecular formula is C10H11ClN2O2. The topological polar surface area (TPSA) is 61.3 Å².